The highest BCUT2D eigenvalue weighted by Gasteiger charge is 2.45. The highest BCUT2D eigenvalue weighted by atomic mass is 19.3. The van der Waals surface area contributed by atoms with Crippen LogP contribution in [-0.4, -0.2) is 61.8 Å². The molecular formula is C23H20F3N7O3. The summed E-state index contributed by atoms with van der Waals surface area (Å²) in [6.45, 7) is 1.46. The Bertz CT molecular complexity index is 1300. The zero-order chi connectivity index (χ0) is 25.9. The number of nitrogens with one attached hydrogen (secondary N) is 3. The van der Waals surface area contributed by atoms with Crippen LogP contribution in [0.25, 0.3) is 11.4 Å². The Balaban J connectivity index is 1.38. The second-order valence-electron chi connectivity index (χ2n) is 8.10. The summed E-state index contributed by atoms with van der Waals surface area (Å²) in [7, 11) is 0. The summed E-state index contributed by atoms with van der Waals surface area (Å²) in [5.41, 5.74) is 1.48. The number of anilines is 2. The van der Waals surface area contributed by atoms with E-state index >= 15 is 0 Å². The lowest BCUT2D eigenvalue weighted by Crippen LogP contribution is -2.52. The van der Waals surface area contributed by atoms with Crippen LogP contribution in [0.2, 0.25) is 0 Å². The summed E-state index contributed by atoms with van der Waals surface area (Å²) in [5.74, 6) is -8.44. The molecule has 3 aromatic rings. The Hall–Kier alpha value is -4.55. The third-order valence-corrected chi connectivity index (χ3v) is 5.33. The number of rotatable bonds is 6. The van der Waals surface area contributed by atoms with Crippen LogP contribution in [0.1, 0.15) is 16.9 Å². The van der Waals surface area contributed by atoms with Gasteiger partial charge in [0.05, 0.1) is 35.7 Å². The smallest absolute Gasteiger partial charge is 0.282 e. The van der Waals surface area contributed by atoms with Crippen molar-refractivity contribution in [3.8, 4) is 11.4 Å². The highest BCUT2D eigenvalue weighted by molar-refractivity contribution is 6.02. The Kier molecular flexibility index (Phi) is 6.81. The van der Waals surface area contributed by atoms with Crippen molar-refractivity contribution >= 4 is 29.2 Å². The lowest BCUT2D eigenvalue weighted by molar-refractivity contribution is -0.147. The van der Waals surface area contributed by atoms with Crippen molar-refractivity contribution in [2.45, 2.75) is 12.3 Å². The van der Waals surface area contributed by atoms with Gasteiger partial charge in [0.25, 0.3) is 17.7 Å². The number of carbonyl (C=O) groups is 3. The van der Waals surface area contributed by atoms with Crippen LogP contribution in [0.15, 0.2) is 61.2 Å². The quantitative estimate of drug-likeness (QED) is 0.447. The van der Waals surface area contributed by atoms with Gasteiger partial charge in [-0.2, -0.15) is 5.10 Å². The van der Waals surface area contributed by atoms with Crippen LogP contribution in [0.4, 0.5) is 24.7 Å². The number of aromatic nitrogens is 4. The molecule has 36 heavy (non-hydrogen) atoms. The molecule has 13 heteroatoms. The standard InChI is InChI=1S/C23H20F3N7O3/c1-13(24)22(36)33-11-14(9-23(25,26)12-33)20(34)29-15-5-6-19(27-10-15)31-21(35)18-4-2-3-16(30-18)17-7-8-28-32-17/h2-8,10,14H,1,9,11-12H2,(H,28,32)(H,29,34)(H,27,31,35). The summed E-state index contributed by atoms with van der Waals surface area (Å²) in [6.07, 6.45) is 1.99. The monoisotopic (exact) mass is 499 g/mol. The number of piperidine rings is 1. The minimum Gasteiger partial charge on any atom is -0.330 e. The molecule has 4 heterocycles. The van der Waals surface area contributed by atoms with Gasteiger partial charge in [0.2, 0.25) is 5.91 Å². The van der Waals surface area contributed by atoms with Gasteiger partial charge in [-0.15, -0.1) is 0 Å². The Morgan fingerprint density at radius 3 is 2.61 bits per heavy atom. The van der Waals surface area contributed by atoms with Gasteiger partial charge in [-0.1, -0.05) is 12.6 Å². The van der Waals surface area contributed by atoms with Crippen molar-refractivity contribution in [3.63, 3.8) is 0 Å². The number of alkyl halides is 2. The number of hydrogen-bond donors (Lipinski definition) is 3. The minimum atomic E-state index is -3.36. The highest BCUT2D eigenvalue weighted by Crippen LogP contribution is 2.32. The molecular weight excluding hydrogens is 479 g/mol. The van der Waals surface area contributed by atoms with Crippen molar-refractivity contribution in [2.75, 3.05) is 23.7 Å². The zero-order valence-corrected chi connectivity index (χ0v) is 18.7. The zero-order valence-electron chi connectivity index (χ0n) is 18.7. The second-order valence-corrected chi connectivity index (χ2v) is 8.10. The minimum absolute atomic E-state index is 0.134. The summed E-state index contributed by atoms with van der Waals surface area (Å²) < 4.78 is 41.3. The number of H-pyrrole nitrogens is 1. The number of pyridine rings is 2. The molecule has 1 aliphatic rings. The van der Waals surface area contributed by atoms with Crippen LogP contribution >= 0.6 is 0 Å². The van der Waals surface area contributed by atoms with E-state index in [4.69, 9.17) is 0 Å². The molecule has 1 unspecified atom stereocenters. The Morgan fingerprint density at radius 1 is 1.14 bits per heavy atom. The maximum atomic E-state index is 14.1. The van der Waals surface area contributed by atoms with Gasteiger partial charge in [-0.25, -0.2) is 23.1 Å². The fraction of sp³-hybridized carbons (Fsp3) is 0.217. The van der Waals surface area contributed by atoms with Crippen molar-refractivity contribution in [1.29, 1.82) is 0 Å². The van der Waals surface area contributed by atoms with E-state index in [1.54, 1.807) is 24.4 Å². The average molecular weight is 499 g/mol. The molecule has 3 N–H and O–H groups in total. The fourth-order valence-electron chi connectivity index (χ4n) is 3.68. The first kappa shape index (κ1) is 24.6. The number of nitrogens with zero attached hydrogens (tertiary/aromatic N) is 4. The van der Waals surface area contributed by atoms with Gasteiger partial charge in [0.1, 0.15) is 11.5 Å². The number of carbonyl (C=O) groups excluding carboxylic acids is 3. The van der Waals surface area contributed by atoms with Crippen LogP contribution in [-0.2, 0) is 9.59 Å². The average Bonchev–Trinajstić information content (AvgIpc) is 3.39. The predicted octanol–water partition coefficient (Wildman–Crippen LogP) is 3.02. The van der Waals surface area contributed by atoms with E-state index in [0.717, 1.165) is 0 Å². The molecule has 4 rings (SSSR count). The molecule has 0 spiro atoms. The van der Waals surface area contributed by atoms with Gasteiger partial charge >= 0.3 is 0 Å². The first-order chi connectivity index (χ1) is 17.1. The molecule has 3 amide bonds. The lowest BCUT2D eigenvalue weighted by Gasteiger charge is -2.36. The van der Waals surface area contributed by atoms with Gasteiger partial charge < -0.3 is 15.5 Å². The lowest BCUT2D eigenvalue weighted by atomic mass is 9.94. The molecule has 3 aromatic heterocycles. The topological polar surface area (TPSA) is 133 Å². The Morgan fingerprint density at radius 2 is 1.94 bits per heavy atom. The van der Waals surface area contributed by atoms with E-state index in [2.05, 4.69) is 37.4 Å². The molecule has 0 aliphatic carbocycles. The maximum Gasteiger partial charge on any atom is 0.282 e. The molecule has 0 aromatic carbocycles. The molecule has 1 aliphatic heterocycles. The number of amides is 3. The van der Waals surface area contributed by atoms with Crippen molar-refractivity contribution in [2.24, 2.45) is 5.92 Å². The van der Waals surface area contributed by atoms with Gasteiger partial charge in [0, 0.05) is 19.2 Å². The van der Waals surface area contributed by atoms with Crippen molar-refractivity contribution < 1.29 is 27.6 Å². The third-order valence-electron chi connectivity index (χ3n) is 5.33. The van der Waals surface area contributed by atoms with Crippen LogP contribution in [0.3, 0.4) is 0 Å². The molecule has 1 fully saturated rings. The van der Waals surface area contributed by atoms with E-state index in [0.29, 0.717) is 16.3 Å². The normalized spacial score (nSPS) is 16.8. The van der Waals surface area contributed by atoms with Gasteiger partial charge in [-0.05, 0) is 30.3 Å². The summed E-state index contributed by atoms with van der Waals surface area (Å²) in [5, 5.41) is 11.6. The Labute approximate surface area is 202 Å². The molecule has 10 nitrogen and oxygen atoms in total. The van der Waals surface area contributed by atoms with Gasteiger partial charge in [-0.3, -0.25) is 19.5 Å². The second kappa shape index (κ2) is 9.98. The van der Waals surface area contributed by atoms with Crippen LogP contribution < -0.4 is 10.6 Å². The molecule has 0 radical (unpaired) electrons. The molecule has 0 saturated carbocycles. The van der Waals surface area contributed by atoms with Crippen LogP contribution in [0.5, 0.6) is 0 Å². The van der Waals surface area contributed by atoms with E-state index < -0.39 is 48.4 Å². The first-order valence-corrected chi connectivity index (χ1v) is 10.7. The maximum absolute atomic E-state index is 14.1. The van der Waals surface area contributed by atoms with E-state index in [-0.39, 0.29) is 23.7 Å². The molecule has 1 saturated heterocycles. The van der Waals surface area contributed by atoms with E-state index in [1.807, 2.05) is 0 Å². The summed E-state index contributed by atoms with van der Waals surface area (Å²) >= 11 is 0. The molecule has 186 valence electrons. The number of likely N-dealkylation sites (tertiary alicyclic amines) is 1. The summed E-state index contributed by atoms with van der Waals surface area (Å²) in [4.78, 5) is 45.8. The SMILES string of the molecule is C=C(F)C(=O)N1CC(C(=O)Nc2ccc(NC(=O)c3cccc(-c4ccn[nH]4)n3)nc2)CC(F)(F)C1. The third kappa shape index (κ3) is 5.74. The van der Waals surface area contributed by atoms with Gasteiger partial charge in [0.15, 0.2) is 5.83 Å². The molecule has 0 bridgehead atoms. The van der Waals surface area contributed by atoms with Crippen molar-refractivity contribution in [1.82, 2.24) is 25.1 Å². The predicted molar refractivity (Wildman–Crippen MR) is 123 cm³/mol. The van der Waals surface area contributed by atoms with E-state index in [9.17, 15) is 27.6 Å². The van der Waals surface area contributed by atoms with Crippen molar-refractivity contribution in [3.05, 3.63) is 66.9 Å². The van der Waals surface area contributed by atoms with E-state index in [1.165, 1.54) is 24.4 Å². The largest absolute Gasteiger partial charge is 0.330 e. The number of halogens is 3. The summed E-state index contributed by atoms with van der Waals surface area (Å²) in [6, 6.07) is 9.44. The molecule has 1 atom stereocenters. The number of hydrogen-bond acceptors (Lipinski definition) is 6. The first-order valence-electron chi connectivity index (χ1n) is 10.7. The van der Waals surface area contributed by atoms with Crippen LogP contribution in [0, 0.1) is 5.92 Å². The number of aromatic amines is 1. The fourth-order valence-corrected chi connectivity index (χ4v) is 3.68.